The van der Waals surface area contributed by atoms with E-state index in [1.54, 1.807) is 0 Å². The van der Waals surface area contributed by atoms with Gasteiger partial charge in [-0.15, -0.1) is 0 Å². The average molecular weight is 395 g/mol. The first kappa shape index (κ1) is 21.8. The van der Waals surface area contributed by atoms with E-state index in [2.05, 4.69) is 20.8 Å². The Balaban J connectivity index is 1.84. The van der Waals surface area contributed by atoms with Crippen molar-refractivity contribution in [1.29, 1.82) is 0 Å². The highest BCUT2D eigenvalue weighted by molar-refractivity contribution is 5.85. The number of ether oxygens (including phenoxy) is 1. The molecule has 0 aromatic carbocycles. The van der Waals surface area contributed by atoms with Gasteiger partial charge in [0.1, 0.15) is 6.61 Å². The Morgan fingerprint density at radius 2 is 2.07 bits per heavy atom. The number of fused-ring (bicyclic) bond motifs is 1. The molecule has 0 aromatic rings. The van der Waals surface area contributed by atoms with Gasteiger partial charge in [0.25, 0.3) is 0 Å². The second-order valence-corrected chi connectivity index (χ2v) is 10.3. The van der Waals surface area contributed by atoms with Crippen molar-refractivity contribution in [3.63, 3.8) is 0 Å². The maximum absolute atomic E-state index is 11.8. The monoisotopic (exact) mass is 394 g/mol. The van der Waals surface area contributed by atoms with Gasteiger partial charge < -0.3 is 20.1 Å². The summed E-state index contributed by atoms with van der Waals surface area (Å²) in [6, 6.07) is 0. The summed E-state index contributed by atoms with van der Waals surface area (Å²) in [5.74, 6) is -0.200. The van der Waals surface area contributed by atoms with Gasteiger partial charge in [-0.3, -0.25) is 0 Å². The third kappa shape index (κ3) is 3.66. The van der Waals surface area contributed by atoms with Crippen LogP contribution in [0.15, 0.2) is 11.6 Å². The van der Waals surface area contributed by atoms with Gasteiger partial charge in [0.05, 0.1) is 17.8 Å². The molecule has 2 saturated carbocycles. The molecular formula is C23H38O5. The Labute approximate surface area is 169 Å². The van der Waals surface area contributed by atoms with E-state index in [1.807, 2.05) is 6.92 Å². The normalized spacial score (nSPS) is 41.2. The van der Waals surface area contributed by atoms with Crippen LogP contribution < -0.4 is 0 Å². The summed E-state index contributed by atoms with van der Waals surface area (Å²) in [4.78, 5) is 11.6. The molecule has 3 rings (SSSR count). The van der Waals surface area contributed by atoms with Crippen molar-refractivity contribution >= 4 is 5.97 Å². The minimum absolute atomic E-state index is 0.0809. The molecule has 3 aliphatic rings. The van der Waals surface area contributed by atoms with Crippen molar-refractivity contribution in [2.45, 2.75) is 96.9 Å². The number of aliphatic hydroxyl groups is 3. The highest BCUT2D eigenvalue weighted by Gasteiger charge is 2.64. The van der Waals surface area contributed by atoms with Crippen LogP contribution in [0.2, 0.25) is 0 Å². The van der Waals surface area contributed by atoms with Gasteiger partial charge >= 0.3 is 5.97 Å². The predicted octanol–water partition coefficient (Wildman–Crippen LogP) is 3.36. The van der Waals surface area contributed by atoms with Crippen molar-refractivity contribution in [2.24, 2.45) is 22.7 Å². The number of rotatable bonds is 7. The Hall–Kier alpha value is -0.910. The molecule has 7 atom stereocenters. The number of cyclic esters (lactones) is 1. The molecule has 5 nitrogen and oxygen atoms in total. The number of carbonyl (C=O) groups excluding carboxylic acids is 1. The van der Waals surface area contributed by atoms with E-state index in [4.69, 9.17) is 4.74 Å². The van der Waals surface area contributed by atoms with Gasteiger partial charge in [0.15, 0.2) is 0 Å². The molecule has 0 saturated heterocycles. The standard InChI is InChI=1S/C23H38O5/c1-5-8-21(3,9-6-15(2)24)17-7-10-22(4)20(16-11-19(26)28-14-16)18(25)13-23(22,27)12-17/h11,15,17-18,20,24-25,27H,5-10,12-14H2,1-4H3. The van der Waals surface area contributed by atoms with Crippen LogP contribution >= 0.6 is 0 Å². The molecule has 0 radical (unpaired) electrons. The van der Waals surface area contributed by atoms with Crippen LogP contribution in [0.4, 0.5) is 0 Å². The van der Waals surface area contributed by atoms with Gasteiger partial charge in [0.2, 0.25) is 0 Å². The number of carbonyl (C=O) groups is 1. The smallest absolute Gasteiger partial charge is 0.331 e. The largest absolute Gasteiger partial charge is 0.458 e. The molecule has 2 aliphatic carbocycles. The van der Waals surface area contributed by atoms with E-state index in [9.17, 15) is 20.1 Å². The quantitative estimate of drug-likeness (QED) is 0.577. The summed E-state index contributed by atoms with van der Waals surface area (Å²) >= 11 is 0. The Kier molecular flexibility index (Phi) is 6.02. The van der Waals surface area contributed by atoms with Crippen molar-refractivity contribution in [1.82, 2.24) is 0 Å². The maximum Gasteiger partial charge on any atom is 0.331 e. The van der Waals surface area contributed by atoms with Gasteiger partial charge in [-0.1, -0.05) is 27.2 Å². The van der Waals surface area contributed by atoms with Crippen molar-refractivity contribution in [3.8, 4) is 0 Å². The van der Waals surface area contributed by atoms with Crippen molar-refractivity contribution in [3.05, 3.63) is 11.6 Å². The fraction of sp³-hybridized carbons (Fsp3) is 0.870. The molecule has 0 aromatic heterocycles. The molecule has 2 fully saturated rings. The first-order chi connectivity index (χ1) is 13.0. The molecule has 28 heavy (non-hydrogen) atoms. The van der Waals surface area contributed by atoms with Crippen LogP contribution in [0, 0.1) is 22.7 Å². The predicted molar refractivity (Wildman–Crippen MR) is 107 cm³/mol. The molecular weight excluding hydrogens is 356 g/mol. The van der Waals surface area contributed by atoms with E-state index in [-0.39, 0.29) is 30.0 Å². The Morgan fingerprint density at radius 1 is 1.36 bits per heavy atom. The van der Waals surface area contributed by atoms with Gasteiger partial charge in [-0.2, -0.15) is 0 Å². The third-order valence-electron chi connectivity index (χ3n) is 8.30. The van der Waals surface area contributed by atoms with E-state index in [0.29, 0.717) is 18.8 Å². The zero-order chi connectivity index (χ0) is 20.7. The third-order valence-corrected chi connectivity index (χ3v) is 8.30. The molecule has 1 heterocycles. The summed E-state index contributed by atoms with van der Waals surface area (Å²) in [6.45, 7) is 8.67. The van der Waals surface area contributed by atoms with Crippen LogP contribution in [0.3, 0.4) is 0 Å². The molecule has 7 unspecified atom stereocenters. The number of hydrogen-bond donors (Lipinski definition) is 3. The number of aliphatic hydroxyl groups excluding tert-OH is 2. The summed E-state index contributed by atoms with van der Waals surface area (Å²) in [5.41, 5.74) is -0.468. The van der Waals surface area contributed by atoms with Gasteiger partial charge in [-0.05, 0) is 62.4 Å². The van der Waals surface area contributed by atoms with Crippen LogP contribution in [-0.4, -0.2) is 45.7 Å². The summed E-state index contributed by atoms with van der Waals surface area (Å²) in [5, 5.41) is 32.4. The second-order valence-electron chi connectivity index (χ2n) is 10.3. The first-order valence-corrected chi connectivity index (χ1v) is 11.0. The Bertz CT molecular complexity index is 628. The Morgan fingerprint density at radius 3 is 2.64 bits per heavy atom. The summed E-state index contributed by atoms with van der Waals surface area (Å²) in [6.07, 6.45) is 7.31. The van der Waals surface area contributed by atoms with E-state index >= 15 is 0 Å². The highest BCUT2D eigenvalue weighted by Crippen LogP contribution is 2.63. The fourth-order valence-corrected chi connectivity index (χ4v) is 6.56. The SMILES string of the molecule is CCCC(C)(CCC(C)O)C1CCC2(C)C(C3=CC(=O)OC3)C(O)CC2(O)C1. The van der Waals surface area contributed by atoms with Gasteiger partial charge in [-0.25, -0.2) is 4.79 Å². The fourth-order valence-electron chi connectivity index (χ4n) is 6.56. The topological polar surface area (TPSA) is 87.0 Å². The van der Waals surface area contributed by atoms with Crippen LogP contribution in [0.5, 0.6) is 0 Å². The summed E-state index contributed by atoms with van der Waals surface area (Å²) in [7, 11) is 0. The lowest BCUT2D eigenvalue weighted by molar-refractivity contribution is -0.135. The highest BCUT2D eigenvalue weighted by atomic mass is 16.5. The zero-order valence-electron chi connectivity index (χ0n) is 17.9. The van der Waals surface area contributed by atoms with E-state index < -0.39 is 17.1 Å². The van der Waals surface area contributed by atoms with Crippen molar-refractivity contribution < 1.29 is 24.9 Å². The van der Waals surface area contributed by atoms with E-state index in [0.717, 1.165) is 44.1 Å². The lowest BCUT2D eigenvalue weighted by Crippen LogP contribution is -2.52. The second kappa shape index (κ2) is 7.73. The number of hydrogen-bond acceptors (Lipinski definition) is 5. The minimum atomic E-state index is -0.938. The average Bonchev–Trinajstić information content (AvgIpc) is 3.10. The maximum atomic E-state index is 11.8. The molecule has 0 bridgehead atoms. The van der Waals surface area contributed by atoms with Crippen LogP contribution in [-0.2, 0) is 9.53 Å². The van der Waals surface area contributed by atoms with E-state index in [1.165, 1.54) is 6.08 Å². The minimum Gasteiger partial charge on any atom is -0.458 e. The van der Waals surface area contributed by atoms with Crippen molar-refractivity contribution in [2.75, 3.05) is 6.61 Å². The molecule has 160 valence electrons. The first-order valence-electron chi connectivity index (χ1n) is 11.0. The zero-order valence-corrected chi connectivity index (χ0v) is 17.9. The molecule has 3 N–H and O–H groups in total. The lowest BCUT2D eigenvalue weighted by atomic mass is 9.54. The number of esters is 1. The van der Waals surface area contributed by atoms with Crippen LogP contribution in [0.1, 0.15) is 79.1 Å². The molecule has 0 amide bonds. The lowest BCUT2D eigenvalue weighted by Gasteiger charge is -2.53. The molecule has 0 spiro atoms. The van der Waals surface area contributed by atoms with Gasteiger partial charge in [0, 0.05) is 23.8 Å². The summed E-state index contributed by atoms with van der Waals surface area (Å²) < 4.78 is 5.10. The molecule has 1 aliphatic heterocycles. The van der Waals surface area contributed by atoms with Crippen LogP contribution in [0.25, 0.3) is 0 Å². The molecule has 5 heteroatoms.